The average Bonchev–Trinajstić information content (AvgIpc) is 2.90. The largest absolute Gasteiger partial charge is 0.497 e. The van der Waals surface area contributed by atoms with Crippen molar-refractivity contribution in [3.8, 4) is 17.2 Å². The van der Waals surface area contributed by atoms with Gasteiger partial charge in [-0.2, -0.15) is 0 Å². The summed E-state index contributed by atoms with van der Waals surface area (Å²) >= 11 is 0. The van der Waals surface area contributed by atoms with Crippen LogP contribution in [0.4, 0.5) is 5.69 Å². The molecule has 0 saturated heterocycles. The number of hydrogen-bond acceptors (Lipinski definition) is 7. The lowest BCUT2D eigenvalue weighted by molar-refractivity contribution is -0.140. The van der Waals surface area contributed by atoms with E-state index < -0.39 is 28.5 Å². The van der Waals surface area contributed by atoms with Crippen LogP contribution in [0.5, 0.6) is 17.2 Å². The molecule has 38 heavy (non-hydrogen) atoms. The fraction of sp³-hybridized carbons (Fsp3) is 0.481. The number of rotatable bonds is 14. The number of hydrogen-bond donors (Lipinski definition) is 1. The van der Waals surface area contributed by atoms with Crippen LogP contribution in [0.3, 0.4) is 0 Å². The quantitative estimate of drug-likeness (QED) is 0.385. The molecule has 11 heteroatoms. The normalized spacial score (nSPS) is 12.7. The minimum Gasteiger partial charge on any atom is -0.497 e. The Morgan fingerprint density at radius 2 is 1.61 bits per heavy atom. The van der Waals surface area contributed by atoms with Crippen LogP contribution in [0, 0.1) is 0 Å². The molecule has 1 N–H and O–H groups in total. The molecule has 0 saturated carbocycles. The molecule has 2 aromatic rings. The molecule has 0 aliphatic rings. The van der Waals surface area contributed by atoms with Crippen molar-refractivity contribution in [1.29, 1.82) is 0 Å². The molecule has 2 aromatic carbocycles. The summed E-state index contributed by atoms with van der Waals surface area (Å²) < 4.78 is 42.7. The van der Waals surface area contributed by atoms with Gasteiger partial charge >= 0.3 is 0 Å². The minimum atomic E-state index is -3.91. The van der Waals surface area contributed by atoms with Crippen LogP contribution in [-0.2, 0) is 26.2 Å². The van der Waals surface area contributed by atoms with E-state index in [0.29, 0.717) is 17.9 Å². The Kier molecular flexibility index (Phi) is 11.2. The van der Waals surface area contributed by atoms with Gasteiger partial charge in [-0.3, -0.25) is 13.9 Å². The van der Waals surface area contributed by atoms with Gasteiger partial charge in [-0.05, 0) is 49.6 Å². The Balaban J connectivity index is 2.52. The Morgan fingerprint density at radius 1 is 0.947 bits per heavy atom. The molecule has 0 radical (unpaired) electrons. The van der Waals surface area contributed by atoms with Crippen molar-refractivity contribution in [2.75, 3.05) is 38.4 Å². The van der Waals surface area contributed by atoms with E-state index in [1.807, 2.05) is 26.8 Å². The number of amides is 2. The molecule has 0 unspecified atom stereocenters. The maximum Gasteiger partial charge on any atom is 0.244 e. The summed E-state index contributed by atoms with van der Waals surface area (Å²) in [6, 6.07) is 10.9. The number of carbonyl (C=O) groups is 2. The summed E-state index contributed by atoms with van der Waals surface area (Å²) in [6.45, 7) is 5.21. The summed E-state index contributed by atoms with van der Waals surface area (Å²) in [5.74, 6) is 0.460. The van der Waals surface area contributed by atoms with Gasteiger partial charge in [0.25, 0.3) is 0 Å². The Morgan fingerprint density at radius 3 is 2.16 bits per heavy atom. The van der Waals surface area contributed by atoms with Crippen molar-refractivity contribution < 1.29 is 32.2 Å². The van der Waals surface area contributed by atoms with Crippen LogP contribution >= 0.6 is 0 Å². The summed E-state index contributed by atoms with van der Waals surface area (Å²) in [5.41, 5.74) is 0.919. The van der Waals surface area contributed by atoms with Crippen molar-refractivity contribution in [3.63, 3.8) is 0 Å². The fourth-order valence-corrected chi connectivity index (χ4v) is 4.77. The monoisotopic (exact) mass is 549 g/mol. The van der Waals surface area contributed by atoms with Gasteiger partial charge in [0, 0.05) is 18.7 Å². The number of methoxy groups -OCH3 is 3. The fourth-order valence-electron chi connectivity index (χ4n) is 3.91. The Labute approximate surface area is 225 Å². The molecule has 0 fully saturated rings. The number of ether oxygens (including phenoxy) is 3. The highest BCUT2D eigenvalue weighted by Crippen LogP contribution is 2.33. The molecule has 0 heterocycles. The molecule has 0 aliphatic heterocycles. The minimum absolute atomic E-state index is 0.0820. The van der Waals surface area contributed by atoms with Gasteiger partial charge < -0.3 is 24.4 Å². The van der Waals surface area contributed by atoms with Crippen LogP contribution in [0.2, 0.25) is 0 Å². The first kappa shape index (κ1) is 30.8. The molecule has 0 bridgehead atoms. The van der Waals surface area contributed by atoms with Gasteiger partial charge in [0.15, 0.2) is 0 Å². The smallest absolute Gasteiger partial charge is 0.244 e. The highest BCUT2D eigenvalue weighted by atomic mass is 32.2. The van der Waals surface area contributed by atoms with Crippen molar-refractivity contribution >= 4 is 27.5 Å². The molecular formula is C27H39N3O7S. The van der Waals surface area contributed by atoms with E-state index in [2.05, 4.69) is 5.32 Å². The molecule has 210 valence electrons. The van der Waals surface area contributed by atoms with E-state index in [1.165, 1.54) is 25.2 Å². The first-order valence-corrected chi connectivity index (χ1v) is 14.3. The summed E-state index contributed by atoms with van der Waals surface area (Å²) in [6.07, 6.45) is 2.08. The van der Waals surface area contributed by atoms with Crippen LogP contribution in [0.1, 0.15) is 39.2 Å². The van der Waals surface area contributed by atoms with Crippen molar-refractivity contribution in [2.24, 2.45) is 0 Å². The summed E-state index contributed by atoms with van der Waals surface area (Å²) in [5, 5.41) is 2.95. The predicted molar refractivity (Wildman–Crippen MR) is 147 cm³/mol. The molecule has 0 aliphatic carbocycles. The standard InChI is InChI=1S/C27H39N3O7S/c1-8-19(3)28-27(32)23(9-2)29(17-20-11-10-12-21(15-20)35-4)26(31)18-30(38(7,33)34)24-14-13-22(36-5)16-25(24)37-6/h10-16,19,23H,8-9,17-18H2,1-7H3,(H,28,32)/t19-,23+/m1/s1. The van der Waals surface area contributed by atoms with Gasteiger partial charge in [0.1, 0.15) is 29.8 Å². The third-order valence-corrected chi connectivity index (χ3v) is 7.34. The van der Waals surface area contributed by atoms with E-state index >= 15 is 0 Å². The summed E-state index contributed by atoms with van der Waals surface area (Å²) in [7, 11) is 0.520. The maximum atomic E-state index is 13.9. The molecule has 0 spiro atoms. The van der Waals surface area contributed by atoms with Crippen LogP contribution in [-0.4, -0.2) is 71.3 Å². The second kappa shape index (κ2) is 13.9. The van der Waals surface area contributed by atoms with Gasteiger partial charge in [-0.25, -0.2) is 8.42 Å². The zero-order valence-electron chi connectivity index (χ0n) is 23.2. The van der Waals surface area contributed by atoms with E-state index in [-0.39, 0.29) is 29.9 Å². The van der Waals surface area contributed by atoms with E-state index in [4.69, 9.17) is 14.2 Å². The Bertz CT molecular complexity index is 1200. The first-order valence-electron chi connectivity index (χ1n) is 12.4. The molecule has 0 aromatic heterocycles. The highest BCUT2D eigenvalue weighted by molar-refractivity contribution is 7.92. The molecule has 2 amide bonds. The van der Waals surface area contributed by atoms with Crippen LogP contribution in [0.25, 0.3) is 0 Å². The second-order valence-corrected chi connectivity index (χ2v) is 10.8. The van der Waals surface area contributed by atoms with Crippen molar-refractivity contribution in [1.82, 2.24) is 10.2 Å². The number of nitrogens with zero attached hydrogens (tertiary/aromatic N) is 2. The number of anilines is 1. The van der Waals surface area contributed by atoms with E-state index in [9.17, 15) is 18.0 Å². The summed E-state index contributed by atoms with van der Waals surface area (Å²) in [4.78, 5) is 28.5. The molecule has 2 atom stereocenters. The van der Waals surface area contributed by atoms with E-state index in [0.717, 1.165) is 22.5 Å². The van der Waals surface area contributed by atoms with Crippen LogP contribution in [0.15, 0.2) is 42.5 Å². The van der Waals surface area contributed by atoms with E-state index in [1.54, 1.807) is 37.4 Å². The van der Waals surface area contributed by atoms with Gasteiger partial charge in [-0.15, -0.1) is 0 Å². The number of carbonyl (C=O) groups excluding carboxylic acids is 2. The van der Waals surface area contributed by atoms with Crippen LogP contribution < -0.4 is 23.8 Å². The third kappa shape index (κ3) is 8.01. The number of sulfonamides is 1. The third-order valence-electron chi connectivity index (χ3n) is 6.21. The molecule has 10 nitrogen and oxygen atoms in total. The number of benzene rings is 2. The number of nitrogens with one attached hydrogen (secondary N) is 1. The zero-order chi connectivity index (χ0) is 28.5. The zero-order valence-corrected chi connectivity index (χ0v) is 24.0. The average molecular weight is 550 g/mol. The maximum absolute atomic E-state index is 13.9. The van der Waals surface area contributed by atoms with Gasteiger partial charge in [0.2, 0.25) is 21.8 Å². The highest BCUT2D eigenvalue weighted by Gasteiger charge is 2.33. The lowest BCUT2D eigenvalue weighted by atomic mass is 10.1. The predicted octanol–water partition coefficient (Wildman–Crippen LogP) is 3.20. The lowest BCUT2D eigenvalue weighted by Gasteiger charge is -2.33. The topological polar surface area (TPSA) is 114 Å². The Hall–Kier alpha value is -3.47. The SMILES string of the molecule is CC[C@@H](C)NC(=O)[C@H](CC)N(Cc1cccc(OC)c1)C(=O)CN(c1ccc(OC)cc1OC)S(C)(=O)=O. The van der Waals surface area contributed by atoms with Crippen molar-refractivity contribution in [3.05, 3.63) is 48.0 Å². The van der Waals surface area contributed by atoms with Gasteiger partial charge in [0.05, 0.1) is 33.3 Å². The molecule has 2 rings (SSSR count). The lowest BCUT2D eigenvalue weighted by Crippen LogP contribution is -2.53. The van der Waals surface area contributed by atoms with Crippen molar-refractivity contribution in [2.45, 2.75) is 52.2 Å². The van der Waals surface area contributed by atoms with Gasteiger partial charge in [-0.1, -0.05) is 26.0 Å². The first-order chi connectivity index (χ1) is 18.0. The second-order valence-electron chi connectivity index (χ2n) is 8.92. The molecular weight excluding hydrogens is 510 g/mol.